The average Bonchev–Trinajstić information content (AvgIpc) is 3.30. The fourth-order valence-corrected chi connectivity index (χ4v) is 3.49. The van der Waals surface area contributed by atoms with Gasteiger partial charge in [0, 0.05) is 19.9 Å². The zero-order valence-electron chi connectivity index (χ0n) is 18.4. The van der Waals surface area contributed by atoms with Gasteiger partial charge < -0.3 is 19.5 Å². The van der Waals surface area contributed by atoms with Crippen molar-refractivity contribution in [3.8, 4) is 17.2 Å². The van der Waals surface area contributed by atoms with Crippen molar-refractivity contribution in [2.75, 3.05) is 20.5 Å². The van der Waals surface area contributed by atoms with Crippen molar-refractivity contribution in [2.24, 2.45) is 0 Å². The average molecular weight is 491 g/mol. The van der Waals surface area contributed by atoms with Crippen LogP contribution in [0.3, 0.4) is 0 Å². The Hall–Kier alpha value is -4.06. The van der Waals surface area contributed by atoms with Crippen LogP contribution in [-0.2, 0) is 24.0 Å². The van der Waals surface area contributed by atoms with Crippen LogP contribution in [0.4, 0.5) is 13.2 Å². The highest BCUT2D eigenvalue weighted by atomic mass is 19.4. The Morgan fingerprint density at radius 2 is 1.89 bits per heavy atom. The van der Waals surface area contributed by atoms with E-state index in [1.165, 1.54) is 13.2 Å². The third-order valence-electron chi connectivity index (χ3n) is 5.26. The van der Waals surface area contributed by atoms with E-state index in [0.29, 0.717) is 27.7 Å². The molecule has 0 bridgehead atoms. The Morgan fingerprint density at radius 3 is 2.63 bits per heavy atom. The van der Waals surface area contributed by atoms with Crippen LogP contribution in [0, 0.1) is 0 Å². The molecule has 0 unspecified atom stereocenters. The second kappa shape index (κ2) is 9.66. The molecule has 0 radical (unpaired) electrons. The summed E-state index contributed by atoms with van der Waals surface area (Å²) in [5.74, 6) is 0.269. The molecule has 9 nitrogen and oxygen atoms in total. The molecule has 1 amide bonds. The summed E-state index contributed by atoms with van der Waals surface area (Å²) in [6, 6.07) is 8.81. The molecule has 4 rings (SSSR count). The van der Waals surface area contributed by atoms with E-state index in [0.717, 1.165) is 22.9 Å². The zero-order valence-corrected chi connectivity index (χ0v) is 18.4. The first-order valence-electron chi connectivity index (χ1n) is 10.4. The molecule has 0 atom stereocenters. The molecule has 0 fully saturated rings. The summed E-state index contributed by atoms with van der Waals surface area (Å²) in [5.41, 5.74) is -3.06. The van der Waals surface area contributed by atoms with E-state index in [4.69, 9.17) is 14.2 Å². The Labute approximate surface area is 196 Å². The van der Waals surface area contributed by atoms with Crippen molar-refractivity contribution in [3.63, 3.8) is 0 Å². The fraction of sp³-hybridized carbons (Fsp3) is 0.261. The third kappa shape index (κ3) is 5.06. The number of hydrogen-bond acceptors (Lipinski definition) is 6. The molecule has 12 heteroatoms. The van der Waals surface area contributed by atoms with Crippen LogP contribution in [0.2, 0.25) is 0 Å². The van der Waals surface area contributed by atoms with Gasteiger partial charge in [0.1, 0.15) is 5.56 Å². The number of nitrogens with one attached hydrogen (secondary N) is 1. The molecule has 35 heavy (non-hydrogen) atoms. The van der Waals surface area contributed by atoms with E-state index in [1.54, 1.807) is 18.2 Å². The number of halogens is 3. The lowest BCUT2D eigenvalue weighted by atomic mass is 10.2. The number of rotatable bonds is 7. The fourth-order valence-electron chi connectivity index (χ4n) is 3.49. The number of nitrogens with zero attached hydrogens (tertiary/aromatic N) is 2. The number of hydrogen-bond donors (Lipinski definition) is 1. The lowest BCUT2D eigenvalue weighted by molar-refractivity contribution is -0.137. The number of amides is 1. The van der Waals surface area contributed by atoms with Gasteiger partial charge in [-0.3, -0.25) is 14.2 Å². The first-order valence-corrected chi connectivity index (χ1v) is 10.4. The van der Waals surface area contributed by atoms with Gasteiger partial charge in [0.25, 0.3) is 11.5 Å². The predicted molar refractivity (Wildman–Crippen MR) is 117 cm³/mol. The molecule has 2 aromatic carbocycles. The first kappa shape index (κ1) is 24.1. The maximum Gasteiger partial charge on any atom is 0.416 e. The Morgan fingerprint density at radius 1 is 1.11 bits per heavy atom. The summed E-state index contributed by atoms with van der Waals surface area (Å²) in [6.45, 7) is 0.148. The predicted octanol–water partition coefficient (Wildman–Crippen LogP) is 2.32. The molecule has 0 aliphatic carbocycles. The molecule has 0 spiro atoms. The maximum atomic E-state index is 13.2. The first-order chi connectivity index (χ1) is 16.7. The molecule has 2 heterocycles. The molecule has 1 aliphatic heterocycles. The van der Waals surface area contributed by atoms with Gasteiger partial charge >= 0.3 is 11.9 Å². The number of carbonyl (C=O) groups is 1. The molecule has 184 valence electrons. The standard InChI is InChI=1S/C23H20F3N3O6/c1-33-8-7-28-12-17(20(30)27-11-14-5-6-18-19(9-14)35-13-34-18)21(31)29(22(28)32)16-4-2-3-15(10-16)23(24,25)26/h2-6,9-10,12H,7-8,11,13H2,1H3,(H,27,30). The molecular formula is C23H20F3N3O6. The second-order valence-electron chi connectivity index (χ2n) is 7.57. The van der Waals surface area contributed by atoms with Crippen LogP contribution >= 0.6 is 0 Å². The number of alkyl halides is 3. The Balaban J connectivity index is 1.71. The van der Waals surface area contributed by atoms with E-state index >= 15 is 0 Å². The van der Waals surface area contributed by atoms with E-state index < -0.39 is 34.5 Å². The van der Waals surface area contributed by atoms with Gasteiger partial charge in [0.2, 0.25) is 6.79 Å². The Kier molecular flexibility index (Phi) is 6.65. The van der Waals surface area contributed by atoms with Crippen molar-refractivity contribution in [1.29, 1.82) is 0 Å². The summed E-state index contributed by atoms with van der Waals surface area (Å²) < 4.78 is 56.7. The van der Waals surface area contributed by atoms with Gasteiger partial charge in [-0.25, -0.2) is 9.36 Å². The van der Waals surface area contributed by atoms with Crippen LogP contribution in [0.15, 0.2) is 58.3 Å². The number of fused-ring (bicyclic) bond motifs is 1. The number of methoxy groups -OCH3 is 1. The molecule has 1 aliphatic rings. The molecule has 1 aromatic heterocycles. The lowest BCUT2D eigenvalue weighted by Gasteiger charge is -2.14. The van der Waals surface area contributed by atoms with Gasteiger partial charge in [0.15, 0.2) is 11.5 Å². The number of benzene rings is 2. The molecular weight excluding hydrogens is 471 g/mol. The van der Waals surface area contributed by atoms with Gasteiger partial charge in [-0.05, 0) is 35.9 Å². The van der Waals surface area contributed by atoms with Crippen molar-refractivity contribution < 1.29 is 32.2 Å². The minimum Gasteiger partial charge on any atom is -0.454 e. The number of carbonyl (C=O) groups excluding carboxylic acids is 1. The van der Waals surface area contributed by atoms with Crippen LogP contribution in [0.1, 0.15) is 21.5 Å². The largest absolute Gasteiger partial charge is 0.454 e. The van der Waals surface area contributed by atoms with Crippen LogP contribution in [0.25, 0.3) is 5.69 Å². The highest BCUT2D eigenvalue weighted by Crippen LogP contribution is 2.32. The van der Waals surface area contributed by atoms with Gasteiger partial charge in [0.05, 0.1) is 24.4 Å². The van der Waals surface area contributed by atoms with E-state index in [9.17, 15) is 27.6 Å². The highest BCUT2D eigenvalue weighted by molar-refractivity contribution is 5.93. The monoisotopic (exact) mass is 491 g/mol. The summed E-state index contributed by atoms with van der Waals surface area (Å²) in [5, 5.41) is 2.59. The van der Waals surface area contributed by atoms with Gasteiger partial charge in [-0.1, -0.05) is 12.1 Å². The number of aromatic nitrogens is 2. The van der Waals surface area contributed by atoms with Gasteiger partial charge in [-0.15, -0.1) is 0 Å². The molecule has 0 saturated heterocycles. The zero-order chi connectivity index (χ0) is 25.2. The van der Waals surface area contributed by atoms with Crippen molar-refractivity contribution in [1.82, 2.24) is 14.5 Å². The van der Waals surface area contributed by atoms with Crippen molar-refractivity contribution >= 4 is 5.91 Å². The van der Waals surface area contributed by atoms with Crippen LogP contribution in [-0.4, -0.2) is 35.6 Å². The second-order valence-corrected chi connectivity index (χ2v) is 7.57. The third-order valence-corrected chi connectivity index (χ3v) is 5.26. The highest BCUT2D eigenvalue weighted by Gasteiger charge is 2.31. The smallest absolute Gasteiger partial charge is 0.416 e. The Bertz CT molecular complexity index is 1380. The SMILES string of the molecule is COCCn1cc(C(=O)NCc2ccc3c(c2)OCO3)c(=O)n(-c2cccc(C(F)(F)F)c2)c1=O. The van der Waals surface area contributed by atoms with Crippen LogP contribution in [0.5, 0.6) is 11.5 Å². The van der Waals surface area contributed by atoms with E-state index in [2.05, 4.69) is 5.32 Å². The van der Waals surface area contributed by atoms with Crippen molar-refractivity contribution in [2.45, 2.75) is 19.3 Å². The lowest BCUT2D eigenvalue weighted by Crippen LogP contribution is -2.43. The quantitative estimate of drug-likeness (QED) is 0.545. The summed E-state index contributed by atoms with van der Waals surface area (Å²) in [4.78, 5) is 39.0. The van der Waals surface area contributed by atoms with E-state index in [-0.39, 0.29) is 32.2 Å². The minimum atomic E-state index is -4.69. The maximum absolute atomic E-state index is 13.2. The van der Waals surface area contributed by atoms with E-state index in [1.807, 2.05) is 0 Å². The summed E-state index contributed by atoms with van der Waals surface area (Å²) in [6.07, 6.45) is -3.61. The molecule has 0 saturated carbocycles. The minimum absolute atomic E-state index is 0.0235. The van der Waals surface area contributed by atoms with Crippen LogP contribution < -0.4 is 26.0 Å². The molecule has 1 N–H and O–H groups in total. The van der Waals surface area contributed by atoms with Gasteiger partial charge in [-0.2, -0.15) is 13.2 Å². The molecule has 3 aromatic rings. The van der Waals surface area contributed by atoms with Crippen molar-refractivity contribution in [3.05, 3.63) is 86.2 Å². The number of ether oxygens (including phenoxy) is 3. The summed E-state index contributed by atoms with van der Waals surface area (Å²) in [7, 11) is 1.40. The summed E-state index contributed by atoms with van der Waals surface area (Å²) >= 11 is 0. The topological polar surface area (TPSA) is 101 Å². The normalized spacial score (nSPS) is 12.6.